The molecule has 0 aliphatic rings. The zero-order chi connectivity index (χ0) is 17.6. The van der Waals surface area contributed by atoms with Gasteiger partial charge in [-0.2, -0.15) is 0 Å². The average molecular weight is 339 g/mol. The average Bonchev–Trinajstić information content (AvgIpc) is 2.60. The molecule has 0 atom stereocenters. The molecule has 1 heteroatoms. The Labute approximate surface area is 153 Å². The Kier molecular flexibility index (Phi) is 22.1. The fraction of sp³-hybridized carbons (Fsp3) is 0.913. The molecular weight excluding hydrogens is 292 g/mol. The van der Waals surface area contributed by atoms with Gasteiger partial charge < -0.3 is 5.11 Å². The van der Waals surface area contributed by atoms with Gasteiger partial charge >= 0.3 is 0 Å². The second-order valence-electron chi connectivity index (χ2n) is 7.54. The smallest absolute Gasteiger partial charge is 0.0751 e. The van der Waals surface area contributed by atoms with E-state index in [1.807, 2.05) is 6.08 Å². The van der Waals surface area contributed by atoms with E-state index in [0.717, 1.165) is 6.42 Å². The number of aliphatic hydroxyl groups is 1. The number of allylic oxidation sites excluding steroid dienone is 1. The van der Waals surface area contributed by atoms with Gasteiger partial charge in [-0.3, -0.25) is 0 Å². The second-order valence-corrected chi connectivity index (χ2v) is 7.54. The van der Waals surface area contributed by atoms with Gasteiger partial charge in [0.1, 0.15) is 0 Å². The normalized spacial score (nSPS) is 11.5. The predicted molar refractivity (Wildman–Crippen MR) is 110 cm³/mol. The van der Waals surface area contributed by atoms with Crippen LogP contribution in [0.5, 0.6) is 0 Å². The summed E-state index contributed by atoms with van der Waals surface area (Å²) in [5.74, 6) is 0. The van der Waals surface area contributed by atoms with Crippen molar-refractivity contribution >= 4 is 0 Å². The molecule has 0 bridgehead atoms. The fourth-order valence-corrected chi connectivity index (χ4v) is 3.42. The van der Waals surface area contributed by atoms with Crippen LogP contribution in [0.3, 0.4) is 0 Å². The van der Waals surface area contributed by atoms with Crippen molar-refractivity contribution in [1.29, 1.82) is 0 Å². The molecule has 0 aliphatic carbocycles. The van der Waals surface area contributed by atoms with E-state index in [1.54, 1.807) is 0 Å². The minimum absolute atomic E-state index is 1.04. The van der Waals surface area contributed by atoms with E-state index in [-0.39, 0.29) is 0 Å². The van der Waals surface area contributed by atoms with Crippen LogP contribution in [0.15, 0.2) is 12.3 Å². The number of hydrogen-bond donors (Lipinski definition) is 1. The Hall–Kier alpha value is -0.460. The largest absolute Gasteiger partial charge is 0.516 e. The summed E-state index contributed by atoms with van der Waals surface area (Å²) < 4.78 is 0. The van der Waals surface area contributed by atoms with Gasteiger partial charge in [0, 0.05) is 0 Å². The molecule has 0 aromatic carbocycles. The summed E-state index contributed by atoms with van der Waals surface area (Å²) in [4.78, 5) is 0. The van der Waals surface area contributed by atoms with E-state index in [4.69, 9.17) is 5.11 Å². The van der Waals surface area contributed by atoms with Crippen LogP contribution >= 0.6 is 0 Å². The molecule has 0 saturated heterocycles. The lowest BCUT2D eigenvalue weighted by Crippen LogP contribution is -1.84. The summed E-state index contributed by atoms with van der Waals surface area (Å²) in [6.07, 6.45) is 31.2. The monoisotopic (exact) mass is 338 g/mol. The molecule has 24 heavy (non-hydrogen) atoms. The molecule has 0 fully saturated rings. The topological polar surface area (TPSA) is 20.2 Å². The summed E-state index contributed by atoms with van der Waals surface area (Å²) >= 11 is 0. The number of hydrogen-bond acceptors (Lipinski definition) is 1. The lowest BCUT2D eigenvalue weighted by Gasteiger charge is -2.03. The minimum Gasteiger partial charge on any atom is -0.516 e. The predicted octanol–water partition coefficient (Wildman–Crippen LogP) is 8.88. The molecule has 0 heterocycles. The van der Waals surface area contributed by atoms with Gasteiger partial charge in [0.05, 0.1) is 6.26 Å². The van der Waals surface area contributed by atoms with Crippen LogP contribution in [0.1, 0.15) is 135 Å². The lowest BCUT2D eigenvalue weighted by molar-refractivity contribution is 0.469. The summed E-state index contributed by atoms with van der Waals surface area (Å²) in [6.45, 7) is 2.29. The van der Waals surface area contributed by atoms with Gasteiger partial charge in [-0.25, -0.2) is 0 Å². The maximum atomic E-state index is 8.54. The lowest BCUT2D eigenvalue weighted by atomic mass is 10.0. The highest BCUT2D eigenvalue weighted by atomic mass is 16.2. The van der Waals surface area contributed by atoms with Gasteiger partial charge in [-0.1, -0.05) is 129 Å². The molecule has 1 N–H and O–H groups in total. The molecule has 0 radical (unpaired) electrons. The Morgan fingerprint density at radius 2 is 0.750 bits per heavy atom. The van der Waals surface area contributed by atoms with Crippen LogP contribution in [0.2, 0.25) is 0 Å². The Morgan fingerprint density at radius 1 is 0.458 bits per heavy atom. The van der Waals surface area contributed by atoms with Crippen molar-refractivity contribution in [3.05, 3.63) is 12.3 Å². The van der Waals surface area contributed by atoms with Crippen molar-refractivity contribution < 1.29 is 5.11 Å². The molecule has 0 aliphatic heterocycles. The molecule has 0 saturated carbocycles. The van der Waals surface area contributed by atoms with Gasteiger partial charge in [0.25, 0.3) is 0 Å². The highest BCUT2D eigenvalue weighted by molar-refractivity contribution is 4.70. The Balaban J connectivity index is 2.95. The number of unbranched alkanes of at least 4 members (excludes halogenated alkanes) is 19. The van der Waals surface area contributed by atoms with Crippen molar-refractivity contribution in [3.8, 4) is 0 Å². The van der Waals surface area contributed by atoms with Gasteiger partial charge in [0.15, 0.2) is 0 Å². The second kappa shape index (κ2) is 22.5. The SMILES string of the molecule is CCCCCCCCCCCCCCCCCCCCC/C=C\O. The first-order chi connectivity index (χ1) is 11.9. The van der Waals surface area contributed by atoms with E-state index in [1.165, 1.54) is 128 Å². The van der Waals surface area contributed by atoms with Crippen LogP contribution in [-0.2, 0) is 0 Å². The molecule has 0 amide bonds. The highest BCUT2D eigenvalue weighted by Gasteiger charge is 1.95. The summed E-state index contributed by atoms with van der Waals surface area (Å²) in [6, 6.07) is 0. The van der Waals surface area contributed by atoms with Crippen LogP contribution in [0, 0.1) is 0 Å². The highest BCUT2D eigenvalue weighted by Crippen LogP contribution is 2.14. The van der Waals surface area contributed by atoms with Crippen LogP contribution in [0.4, 0.5) is 0 Å². The van der Waals surface area contributed by atoms with Gasteiger partial charge in [-0.15, -0.1) is 0 Å². The first-order valence-electron chi connectivity index (χ1n) is 11.2. The molecule has 0 spiro atoms. The first-order valence-corrected chi connectivity index (χ1v) is 11.2. The van der Waals surface area contributed by atoms with Crippen molar-refractivity contribution in [3.63, 3.8) is 0 Å². The maximum absolute atomic E-state index is 8.54. The van der Waals surface area contributed by atoms with E-state index in [2.05, 4.69) is 6.92 Å². The van der Waals surface area contributed by atoms with Crippen molar-refractivity contribution in [1.82, 2.24) is 0 Å². The molecule has 0 unspecified atom stereocenters. The van der Waals surface area contributed by atoms with E-state index in [0.29, 0.717) is 0 Å². The van der Waals surface area contributed by atoms with E-state index < -0.39 is 0 Å². The fourth-order valence-electron chi connectivity index (χ4n) is 3.42. The van der Waals surface area contributed by atoms with Crippen LogP contribution < -0.4 is 0 Å². The van der Waals surface area contributed by atoms with Crippen molar-refractivity contribution in [2.24, 2.45) is 0 Å². The van der Waals surface area contributed by atoms with E-state index in [9.17, 15) is 0 Å². The third-order valence-corrected chi connectivity index (χ3v) is 5.08. The first kappa shape index (κ1) is 23.5. The van der Waals surface area contributed by atoms with Crippen molar-refractivity contribution in [2.75, 3.05) is 0 Å². The van der Waals surface area contributed by atoms with Crippen LogP contribution in [0.25, 0.3) is 0 Å². The molecular formula is C23H46O. The third-order valence-electron chi connectivity index (χ3n) is 5.08. The third kappa shape index (κ3) is 21.5. The maximum Gasteiger partial charge on any atom is 0.0751 e. The molecule has 0 aromatic heterocycles. The molecule has 144 valence electrons. The number of rotatable bonds is 20. The van der Waals surface area contributed by atoms with Crippen molar-refractivity contribution in [2.45, 2.75) is 135 Å². The van der Waals surface area contributed by atoms with E-state index >= 15 is 0 Å². The molecule has 0 aromatic rings. The van der Waals surface area contributed by atoms with Gasteiger partial charge in [-0.05, 0) is 12.8 Å². The molecule has 1 nitrogen and oxygen atoms in total. The van der Waals surface area contributed by atoms with Crippen LogP contribution in [-0.4, -0.2) is 5.11 Å². The zero-order valence-corrected chi connectivity index (χ0v) is 16.7. The minimum atomic E-state index is 1.04. The summed E-state index contributed by atoms with van der Waals surface area (Å²) in [7, 11) is 0. The Bertz CT molecular complexity index is 234. The van der Waals surface area contributed by atoms with Gasteiger partial charge in [0.2, 0.25) is 0 Å². The summed E-state index contributed by atoms with van der Waals surface area (Å²) in [5, 5.41) is 8.54. The quantitative estimate of drug-likeness (QED) is 0.173. The standard InChI is InChI=1S/C23H46O/c1-2-3-4-5-6-7-8-9-10-11-12-13-14-15-16-17-18-19-20-21-22-23-24/h22-24H,2-21H2,1H3/b23-22-. The summed E-state index contributed by atoms with van der Waals surface area (Å²) in [5.41, 5.74) is 0. The number of aliphatic hydroxyl groups excluding tert-OH is 1. The Morgan fingerprint density at radius 3 is 1.04 bits per heavy atom. The zero-order valence-electron chi connectivity index (χ0n) is 16.7. The molecule has 0 rings (SSSR count).